The van der Waals surface area contributed by atoms with Crippen molar-refractivity contribution in [1.29, 1.82) is 5.26 Å². The quantitative estimate of drug-likeness (QED) is 0.209. The number of carbonyl (C=O) groups excluding carboxylic acids is 2. The maximum atomic E-state index is 12.9. The first kappa shape index (κ1) is 30.4. The van der Waals surface area contributed by atoms with Crippen LogP contribution in [-0.4, -0.2) is 31.4 Å². The highest BCUT2D eigenvalue weighted by Crippen LogP contribution is 2.38. The Hall–Kier alpha value is -4.11. The van der Waals surface area contributed by atoms with Crippen molar-refractivity contribution in [1.82, 2.24) is 4.72 Å². The molecule has 40 heavy (non-hydrogen) atoms. The van der Waals surface area contributed by atoms with Gasteiger partial charge in [0.2, 0.25) is 21.8 Å². The van der Waals surface area contributed by atoms with E-state index in [1.165, 1.54) is 24.3 Å². The third-order valence-corrected chi connectivity index (χ3v) is 7.40. The molecular formula is C28H29ClN4O6S. The first-order valence-corrected chi connectivity index (χ1v) is 14.2. The van der Waals surface area contributed by atoms with E-state index in [2.05, 4.69) is 15.4 Å². The zero-order chi connectivity index (χ0) is 29.3. The second-order valence-corrected chi connectivity index (χ2v) is 11.1. The molecule has 0 aromatic heterocycles. The van der Waals surface area contributed by atoms with Gasteiger partial charge in [0.25, 0.3) is 0 Å². The summed E-state index contributed by atoms with van der Waals surface area (Å²) < 4.78 is 33.9. The number of nitrogens with zero attached hydrogens (tertiary/aromatic N) is 1. The van der Waals surface area contributed by atoms with Crippen molar-refractivity contribution in [2.75, 3.05) is 10.6 Å². The van der Waals surface area contributed by atoms with Gasteiger partial charge in [0, 0.05) is 29.6 Å². The Morgan fingerprint density at radius 1 is 1.02 bits per heavy atom. The van der Waals surface area contributed by atoms with E-state index in [1.54, 1.807) is 49.4 Å². The lowest BCUT2D eigenvalue weighted by Gasteiger charge is -2.17. The number of aryl methyl sites for hydroxylation is 1. The number of hydrogen-bond donors (Lipinski definition) is 4. The van der Waals surface area contributed by atoms with Crippen molar-refractivity contribution in [3.63, 3.8) is 0 Å². The zero-order valence-electron chi connectivity index (χ0n) is 21.9. The molecular weight excluding hydrogens is 556 g/mol. The summed E-state index contributed by atoms with van der Waals surface area (Å²) in [6.45, 7) is 3.59. The lowest BCUT2D eigenvalue weighted by molar-refractivity contribution is -0.117. The topological polar surface area (TPSA) is 158 Å². The van der Waals surface area contributed by atoms with Crippen LogP contribution in [0.15, 0.2) is 65.6 Å². The number of benzene rings is 3. The third kappa shape index (κ3) is 8.71. The SMILES string of the molecule is CCCc1ccc(S(=O)(=O)NC(C)CC(=O)Nc2cc(O)c(NC(=O)CC#N)cc2Oc2ccc(Cl)cc2)cc1. The maximum absolute atomic E-state index is 12.9. The smallest absolute Gasteiger partial charge is 0.240 e. The van der Waals surface area contributed by atoms with Gasteiger partial charge in [0.05, 0.1) is 22.3 Å². The van der Waals surface area contributed by atoms with Crippen LogP contribution in [0.25, 0.3) is 0 Å². The van der Waals surface area contributed by atoms with Crippen molar-refractivity contribution >= 4 is 44.8 Å². The van der Waals surface area contributed by atoms with E-state index in [-0.39, 0.29) is 34.2 Å². The number of rotatable bonds is 12. The summed E-state index contributed by atoms with van der Waals surface area (Å²) in [6, 6.07) is 16.4. The summed E-state index contributed by atoms with van der Waals surface area (Å²) in [4.78, 5) is 24.9. The van der Waals surface area contributed by atoms with Gasteiger partial charge >= 0.3 is 0 Å². The van der Waals surface area contributed by atoms with E-state index in [9.17, 15) is 23.1 Å². The van der Waals surface area contributed by atoms with Gasteiger partial charge in [-0.1, -0.05) is 37.1 Å². The molecule has 0 spiro atoms. The number of halogens is 1. The Balaban J connectivity index is 1.76. The van der Waals surface area contributed by atoms with Crippen LogP contribution in [0, 0.1) is 11.3 Å². The average Bonchev–Trinajstić information content (AvgIpc) is 2.88. The number of sulfonamides is 1. The van der Waals surface area contributed by atoms with Gasteiger partial charge in [-0.2, -0.15) is 5.26 Å². The van der Waals surface area contributed by atoms with Crippen LogP contribution in [-0.2, 0) is 26.0 Å². The Labute approximate surface area is 238 Å². The van der Waals surface area contributed by atoms with Gasteiger partial charge in [-0.25, -0.2) is 13.1 Å². The normalized spacial score (nSPS) is 11.8. The summed E-state index contributed by atoms with van der Waals surface area (Å²) in [5.41, 5.74) is 1.06. The van der Waals surface area contributed by atoms with Crippen molar-refractivity contribution in [2.24, 2.45) is 0 Å². The molecule has 2 amide bonds. The van der Waals surface area contributed by atoms with Gasteiger partial charge < -0.3 is 20.5 Å². The van der Waals surface area contributed by atoms with Crippen molar-refractivity contribution in [3.05, 3.63) is 71.2 Å². The predicted octanol–water partition coefficient (Wildman–Crippen LogP) is 5.34. The maximum Gasteiger partial charge on any atom is 0.240 e. The van der Waals surface area contributed by atoms with E-state index >= 15 is 0 Å². The molecule has 0 aliphatic rings. The predicted molar refractivity (Wildman–Crippen MR) is 152 cm³/mol. The van der Waals surface area contributed by atoms with E-state index in [1.807, 2.05) is 6.92 Å². The minimum absolute atomic E-state index is 0.0340. The molecule has 1 unspecified atom stereocenters. The zero-order valence-corrected chi connectivity index (χ0v) is 23.5. The number of ether oxygens (including phenoxy) is 1. The first-order chi connectivity index (χ1) is 19.0. The molecule has 0 saturated heterocycles. The number of amides is 2. The van der Waals surface area contributed by atoms with Crippen LogP contribution >= 0.6 is 11.6 Å². The molecule has 3 aromatic carbocycles. The number of carbonyl (C=O) groups is 2. The fourth-order valence-electron chi connectivity index (χ4n) is 3.72. The van der Waals surface area contributed by atoms with Crippen molar-refractivity contribution < 1.29 is 27.9 Å². The molecule has 12 heteroatoms. The van der Waals surface area contributed by atoms with Gasteiger partial charge in [0.1, 0.15) is 17.9 Å². The van der Waals surface area contributed by atoms with Gasteiger partial charge in [-0.05, 0) is 55.3 Å². The van der Waals surface area contributed by atoms with E-state index in [4.69, 9.17) is 21.6 Å². The average molecular weight is 585 g/mol. The molecule has 3 rings (SSSR count). The first-order valence-electron chi connectivity index (χ1n) is 12.4. The van der Waals surface area contributed by atoms with Gasteiger partial charge in [-0.15, -0.1) is 0 Å². The Morgan fingerprint density at radius 3 is 2.30 bits per heavy atom. The van der Waals surface area contributed by atoms with Crippen LogP contribution in [0.2, 0.25) is 5.02 Å². The lowest BCUT2D eigenvalue weighted by Crippen LogP contribution is -2.35. The second-order valence-electron chi connectivity index (χ2n) is 8.97. The molecule has 1 atom stereocenters. The molecule has 0 bridgehead atoms. The molecule has 0 saturated carbocycles. The number of nitriles is 1. The van der Waals surface area contributed by atoms with Crippen molar-refractivity contribution in [2.45, 2.75) is 50.5 Å². The monoisotopic (exact) mass is 584 g/mol. The minimum Gasteiger partial charge on any atom is -0.506 e. The Bertz CT molecular complexity index is 1500. The van der Waals surface area contributed by atoms with Crippen LogP contribution < -0.4 is 20.1 Å². The fraction of sp³-hybridized carbons (Fsp3) is 0.250. The van der Waals surface area contributed by atoms with Crippen molar-refractivity contribution in [3.8, 4) is 23.3 Å². The lowest BCUT2D eigenvalue weighted by atomic mass is 10.1. The molecule has 210 valence electrons. The number of phenols is 1. The fourth-order valence-corrected chi connectivity index (χ4v) is 5.09. The molecule has 4 N–H and O–H groups in total. The largest absolute Gasteiger partial charge is 0.506 e. The molecule has 3 aromatic rings. The highest BCUT2D eigenvalue weighted by molar-refractivity contribution is 7.89. The van der Waals surface area contributed by atoms with Crippen LogP contribution in [0.1, 0.15) is 38.7 Å². The summed E-state index contributed by atoms with van der Waals surface area (Å²) in [7, 11) is -3.86. The number of aromatic hydroxyl groups is 1. The number of nitrogens with one attached hydrogen (secondary N) is 3. The molecule has 0 heterocycles. The molecule has 0 aliphatic carbocycles. The van der Waals surface area contributed by atoms with Crippen LogP contribution in [0.3, 0.4) is 0 Å². The number of hydrogen-bond acceptors (Lipinski definition) is 7. The summed E-state index contributed by atoms with van der Waals surface area (Å²) >= 11 is 5.93. The van der Waals surface area contributed by atoms with E-state index in [0.717, 1.165) is 18.4 Å². The molecule has 0 aliphatic heterocycles. The molecule has 10 nitrogen and oxygen atoms in total. The molecule has 0 radical (unpaired) electrons. The van der Waals surface area contributed by atoms with Gasteiger partial charge in [-0.3, -0.25) is 9.59 Å². The van der Waals surface area contributed by atoms with Gasteiger partial charge in [0.15, 0.2) is 5.75 Å². The second kappa shape index (κ2) is 13.8. The highest BCUT2D eigenvalue weighted by Gasteiger charge is 2.21. The summed E-state index contributed by atoms with van der Waals surface area (Å²) in [5.74, 6) is -1.17. The number of phenolic OH excluding ortho intramolecular Hbond substituents is 1. The van der Waals surface area contributed by atoms with E-state index < -0.39 is 34.3 Å². The number of anilines is 2. The molecule has 0 fully saturated rings. The third-order valence-electron chi connectivity index (χ3n) is 5.55. The Morgan fingerprint density at radius 2 is 1.68 bits per heavy atom. The Kier molecular flexibility index (Phi) is 10.5. The van der Waals surface area contributed by atoms with E-state index in [0.29, 0.717) is 10.8 Å². The highest BCUT2D eigenvalue weighted by atomic mass is 35.5. The standard InChI is InChI=1S/C28H29ClN4O6S/c1-3-4-19-5-11-22(12-6-19)40(37,38)33-18(2)15-28(36)32-24-16-25(34)23(31-27(35)13-14-30)17-26(24)39-21-9-7-20(29)8-10-21/h5-12,16-18,33-34H,3-4,13,15H2,1-2H3,(H,31,35)(H,32,36). The minimum atomic E-state index is -3.86. The van der Waals surface area contributed by atoms with Crippen LogP contribution in [0.4, 0.5) is 11.4 Å². The summed E-state index contributed by atoms with van der Waals surface area (Å²) in [5, 5.41) is 24.7. The van der Waals surface area contributed by atoms with Crippen LogP contribution in [0.5, 0.6) is 17.2 Å². The summed E-state index contributed by atoms with van der Waals surface area (Å²) in [6.07, 6.45) is 1.13.